The lowest BCUT2D eigenvalue weighted by Gasteiger charge is -2.34. The van der Waals surface area contributed by atoms with Crippen LogP contribution in [0.2, 0.25) is 0 Å². The minimum absolute atomic E-state index is 0.299. The van der Waals surface area contributed by atoms with E-state index in [4.69, 9.17) is 5.11 Å². The summed E-state index contributed by atoms with van der Waals surface area (Å²) in [5.74, 6) is 0. The zero-order chi connectivity index (χ0) is 24.7. The number of anilines is 1. The van der Waals surface area contributed by atoms with Gasteiger partial charge in [-0.15, -0.1) is 0 Å². The molecule has 0 atom stereocenters. The molecular weight excluding hydrogens is 464 g/mol. The van der Waals surface area contributed by atoms with Gasteiger partial charge >= 0.3 is 6.09 Å². The molecule has 1 aliphatic rings. The SMILES string of the molecule is Cn1c(-c2ccc(S(C)(=O)=O)cc2)cc2ncc(-c3ccc(N4CCN(C(=O)O)CC4)cc3)cc21. The lowest BCUT2D eigenvalue weighted by Crippen LogP contribution is -2.48. The molecule has 3 heterocycles. The van der Waals surface area contributed by atoms with Crippen molar-refractivity contribution in [2.75, 3.05) is 37.3 Å². The number of rotatable bonds is 4. The number of pyridine rings is 1. The number of carboxylic acid groups (broad SMARTS) is 1. The van der Waals surface area contributed by atoms with Gasteiger partial charge < -0.3 is 19.5 Å². The predicted molar refractivity (Wildman–Crippen MR) is 137 cm³/mol. The molecule has 0 radical (unpaired) electrons. The van der Waals surface area contributed by atoms with Gasteiger partial charge in [-0.3, -0.25) is 4.98 Å². The van der Waals surface area contributed by atoms with Crippen LogP contribution < -0.4 is 4.90 Å². The molecular formula is C26H26N4O4S. The highest BCUT2D eigenvalue weighted by Gasteiger charge is 2.20. The quantitative estimate of drug-likeness (QED) is 0.463. The molecule has 1 amide bonds. The van der Waals surface area contributed by atoms with E-state index in [1.807, 2.05) is 31.4 Å². The molecule has 1 fully saturated rings. The van der Waals surface area contributed by atoms with Gasteiger partial charge in [-0.05, 0) is 47.5 Å². The number of aryl methyl sites for hydroxylation is 1. The number of fused-ring (bicyclic) bond motifs is 1. The largest absolute Gasteiger partial charge is 0.465 e. The van der Waals surface area contributed by atoms with Crippen molar-refractivity contribution in [1.29, 1.82) is 0 Å². The van der Waals surface area contributed by atoms with E-state index < -0.39 is 15.9 Å². The van der Waals surface area contributed by atoms with Crippen LogP contribution in [-0.2, 0) is 16.9 Å². The van der Waals surface area contributed by atoms with Crippen molar-refractivity contribution in [3.8, 4) is 22.4 Å². The minimum Gasteiger partial charge on any atom is -0.465 e. The Morgan fingerprint density at radius 1 is 0.886 bits per heavy atom. The van der Waals surface area contributed by atoms with Crippen LogP contribution in [0.3, 0.4) is 0 Å². The lowest BCUT2D eigenvalue weighted by molar-refractivity contribution is 0.142. The summed E-state index contributed by atoms with van der Waals surface area (Å²) in [5.41, 5.74) is 6.86. The van der Waals surface area contributed by atoms with Gasteiger partial charge in [0, 0.05) is 56.9 Å². The molecule has 1 aliphatic heterocycles. The van der Waals surface area contributed by atoms with Crippen molar-refractivity contribution >= 4 is 32.7 Å². The monoisotopic (exact) mass is 490 g/mol. The van der Waals surface area contributed by atoms with Crippen molar-refractivity contribution in [3.63, 3.8) is 0 Å². The number of hydrogen-bond donors (Lipinski definition) is 1. The highest BCUT2D eigenvalue weighted by atomic mass is 32.2. The van der Waals surface area contributed by atoms with Crippen molar-refractivity contribution < 1.29 is 18.3 Å². The van der Waals surface area contributed by atoms with E-state index in [1.54, 1.807) is 12.1 Å². The second-order valence-electron chi connectivity index (χ2n) is 8.82. The maximum Gasteiger partial charge on any atom is 0.407 e. The number of sulfone groups is 1. The van der Waals surface area contributed by atoms with Crippen molar-refractivity contribution in [1.82, 2.24) is 14.5 Å². The van der Waals surface area contributed by atoms with Crippen LogP contribution >= 0.6 is 0 Å². The van der Waals surface area contributed by atoms with E-state index in [2.05, 4.69) is 44.8 Å². The van der Waals surface area contributed by atoms with Crippen molar-refractivity contribution in [3.05, 3.63) is 66.9 Å². The van der Waals surface area contributed by atoms with Crippen LogP contribution in [0.15, 0.2) is 71.8 Å². The molecule has 0 saturated carbocycles. The molecule has 5 rings (SSSR count). The van der Waals surface area contributed by atoms with Gasteiger partial charge in [0.25, 0.3) is 0 Å². The summed E-state index contributed by atoms with van der Waals surface area (Å²) in [7, 11) is -1.26. The molecule has 2 aromatic heterocycles. The topological polar surface area (TPSA) is 95.7 Å². The zero-order valence-electron chi connectivity index (χ0n) is 19.5. The maximum absolute atomic E-state index is 11.8. The van der Waals surface area contributed by atoms with E-state index in [0.29, 0.717) is 31.1 Å². The number of aromatic nitrogens is 2. The van der Waals surface area contributed by atoms with E-state index in [-0.39, 0.29) is 0 Å². The first-order chi connectivity index (χ1) is 16.7. The second-order valence-corrected chi connectivity index (χ2v) is 10.8. The standard InChI is InChI=1S/C26H26N4O4S/c1-28-24(19-5-9-22(10-6-19)35(2,33)34)16-23-25(28)15-20(17-27-23)18-3-7-21(8-4-18)29-11-13-30(14-12-29)26(31)32/h3-10,15-17H,11-14H2,1-2H3,(H,31,32). The lowest BCUT2D eigenvalue weighted by atomic mass is 10.1. The number of nitrogens with zero attached hydrogens (tertiary/aromatic N) is 4. The van der Waals surface area contributed by atoms with E-state index in [0.717, 1.165) is 39.1 Å². The van der Waals surface area contributed by atoms with Crippen LogP contribution in [0.4, 0.5) is 10.5 Å². The Bertz CT molecular complexity index is 1500. The van der Waals surface area contributed by atoms with Gasteiger partial charge in [-0.2, -0.15) is 0 Å². The molecule has 180 valence electrons. The average Bonchev–Trinajstić information content (AvgIpc) is 3.19. The van der Waals surface area contributed by atoms with Gasteiger partial charge in [0.2, 0.25) is 0 Å². The molecule has 0 bridgehead atoms. The average molecular weight is 491 g/mol. The fourth-order valence-corrected chi connectivity index (χ4v) is 5.16. The van der Waals surface area contributed by atoms with Crippen molar-refractivity contribution in [2.45, 2.75) is 4.90 Å². The Morgan fingerprint density at radius 3 is 2.11 bits per heavy atom. The Hall–Kier alpha value is -3.85. The van der Waals surface area contributed by atoms with Crippen molar-refractivity contribution in [2.24, 2.45) is 7.05 Å². The van der Waals surface area contributed by atoms with Gasteiger partial charge in [-0.1, -0.05) is 24.3 Å². The molecule has 2 aromatic carbocycles. The van der Waals surface area contributed by atoms with Gasteiger partial charge in [0.05, 0.1) is 21.6 Å². The number of benzene rings is 2. The van der Waals surface area contributed by atoms with Crippen LogP contribution in [0.1, 0.15) is 0 Å². The molecule has 9 heteroatoms. The predicted octanol–water partition coefficient (Wildman–Crippen LogP) is 4.11. The molecule has 0 spiro atoms. The molecule has 0 aliphatic carbocycles. The number of amides is 1. The third-order valence-corrected chi connectivity index (χ3v) is 7.72. The Morgan fingerprint density at radius 2 is 1.51 bits per heavy atom. The number of hydrogen-bond acceptors (Lipinski definition) is 5. The maximum atomic E-state index is 11.8. The second kappa shape index (κ2) is 8.74. The summed E-state index contributed by atoms with van der Waals surface area (Å²) in [5, 5.41) is 9.14. The Labute approximate surface area is 204 Å². The van der Waals surface area contributed by atoms with E-state index >= 15 is 0 Å². The van der Waals surface area contributed by atoms with Crippen LogP contribution in [0.25, 0.3) is 33.4 Å². The molecule has 35 heavy (non-hydrogen) atoms. The smallest absolute Gasteiger partial charge is 0.407 e. The van der Waals surface area contributed by atoms with Gasteiger partial charge in [-0.25, -0.2) is 13.2 Å². The third-order valence-electron chi connectivity index (χ3n) is 6.59. The summed E-state index contributed by atoms with van der Waals surface area (Å²) >= 11 is 0. The number of carbonyl (C=O) groups is 1. The van der Waals surface area contributed by atoms with Crippen LogP contribution in [0, 0.1) is 0 Å². The molecule has 1 N–H and O–H groups in total. The van der Waals surface area contributed by atoms with E-state index in [9.17, 15) is 13.2 Å². The first-order valence-electron chi connectivity index (χ1n) is 11.3. The molecule has 1 saturated heterocycles. The van der Waals surface area contributed by atoms with Gasteiger partial charge in [0.1, 0.15) is 0 Å². The normalized spacial score (nSPS) is 14.5. The zero-order valence-corrected chi connectivity index (χ0v) is 20.4. The van der Waals surface area contributed by atoms with Crippen LogP contribution in [0.5, 0.6) is 0 Å². The highest BCUT2D eigenvalue weighted by molar-refractivity contribution is 7.90. The summed E-state index contributed by atoms with van der Waals surface area (Å²) < 4.78 is 25.6. The minimum atomic E-state index is -3.24. The fraction of sp³-hybridized carbons (Fsp3) is 0.231. The third kappa shape index (κ3) is 4.46. The number of piperazine rings is 1. The Kier molecular flexibility index (Phi) is 5.72. The van der Waals surface area contributed by atoms with E-state index in [1.165, 1.54) is 11.2 Å². The Balaban J connectivity index is 1.39. The first-order valence-corrected chi connectivity index (χ1v) is 13.2. The molecule has 4 aromatic rings. The summed E-state index contributed by atoms with van der Waals surface area (Å²) in [6.45, 7) is 2.36. The highest BCUT2D eigenvalue weighted by Crippen LogP contribution is 2.31. The molecule has 0 unspecified atom stereocenters. The molecule has 8 nitrogen and oxygen atoms in total. The van der Waals surface area contributed by atoms with Gasteiger partial charge in [0.15, 0.2) is 9.84 Å². The summed E-state index contributed by atoms with van der Waals surface area (Å²) in [6, 6.07) is 19.3. The summed E-state index contributed by atoms with van der Waals surface area (Å²) in [6.07, 6.45) is 2.20. The first kappa shape index (κ1) is 22.9. The fourth-order valence-electron chi connectivity index (χ4n) is 4.53. The summed E-state index contributed by atoms with van der Waals surface area (Å²) in [4.78, 5) is 19.7. The van der Waals surface area contributed by atoms with Crippen LogP contribution in [-0.4, -0.2) is 66.5 Å².